The molecule has 0 aromatic heterocycles. The first-order valence-corrected chi connectivity index (χ1v) is 11.6. The molecule has 2 aliphatic rings. The highest BCUT2D eigenvalue weighted by Gasteiger charge is 2.35. The van der Waals surface area contributed by atoms with E-state index in [2.05, 4.69) is 34.3 Å². The van der Waals surface area contributed by atoms with Crippen LogP contribution in [0.25, 0.3) is 5.57 Å². The summed E-state index contributed by atoms with van der Waals surface area (Å²) >= 11 is 0. The van der Waals surface area contributed by atoms with Crippen molar-refractivity contribution in [2.45, 2.75) is 70.9 Å². The Balaban J connectivity index is 1.53. The molecular weight excluding hydrogens is 443 g/mol. The van der Waals surface area contributed by atoms with Crippen LogP contribution >= 0.6 is 0 Å². The quantitative estimate of drug-likeness (QED) is 0.514. The molecule has 1 N–H and O–H groups in total. The summed E-state index contributed by atoms with van der Waals surface area (Å²) in [6, 6.07) is 12.5. The maximum atomic E-state index is 12.5. The van der Waals surface area contributed by atoms with Crippen molar-refractivity contribution in [3.05, 3.63) is 70.8 Å². The standard InChI is InChI=1S/C27H30F3NO3/c1-16-5-12-21-23(18-6-9-19(14-18)31-25(32)34-26(2,3)4)15-22(24(21)13-16)17-7-10-20(11-8-17)33-27(28,29)30/h5,7-8,10-13,15,18-19,22H,6,9,14H2,1-4H3,(H,31,32). The lowest BCUT2D eigenvalue weighted by Crippen LogP contribution is -2.37. The first-order chi connectivity index (χ1) is 15.9. The molecule has 2 aromatic carbocycles. The molecule has 2 aromatic rings. The van der Waals surface area contributed by atoms with Gasteiger partial charge in [0.1, 0.15) is 11.4 Å². The van der Waals surface area contributed by atoms with Crippen LogP contribution in [0.15, 0.2) is 48.5 Å². The Morgan fingerprint density at radius 1 is 1.03 bits per heavy atom. The van der Waals surface area contributed by atoms with Gasteiger partial charge in [-0.15, -0.1) is 13.2 Å². The van der Waals surface area contributed by atoms with Crippen molar-refractivity contribution >= 4 is 11.7 Å². The van der Waals surface area contributed by atoms with Crippen LogP contribution in [0.3, 0.4) is 0 Å². The van der Waals surface area contributed by atoms with Gasteiger partial charge in [0.05, 0.1) is 0 Å². The lowest BCUT2D eigenvalue weighted by Gasteiger charge is -2.22. The number of aryl methyl sites for hydroxylation is 1. The van der Waals surface area contributed by atoms with Gasteiger partial charge in [0, 0.05) is 12.0 Å². The fourth-order valence-corrected chi connectivity index (χ4v) is 4.94. The molecule has 3 atom stereocenters. The molecule has 4 rings (SSSR count). The number of nitrogens with one attached hydrogen (secondary N) is 1. The van der Waals surface area contributed by atoms with Gasteiger partial charge >= 0.3 is 12.5 Å². The number of rotatable bonds is 4. The van der Waals surface area contributed by atoms with Crippen LogP contribution in [0.2, 0.25) is 0 Å². The second kappa shape index (κ2) is 9.01. The van der Waals surface area contributed by atoms with Crippen molar-refractivity contribution in [3.63, 3.8) is 0 Å². The number of hydrogen-bond acceptors (Lipinski definition) is 3. The van der Waals surface area contributed by atoms with Crippen LogP contribution in [-0.4, -0.2) is 24.1 Å². The number of alkyl carbamates (subject to hydrolysis) is 1. The number of carbonyl (C=O) groups excluding carboxylic acids is 1. The van der Waals surface area contributed by atoms with E-state index < -0.39 is 18.1 Å². The number of halogens is 3. The molecule has 1 amide bonds. The molecule has 1 saturated carbocycles. The molecule has 0 spiro atoms. The van der Waals surface area contributed by atoms with Gasteiger partial charge in [-0.1, -0.05) is 42.0 Å². The predicted molar refractivity (Wildman–Crippen MR) is 125 cm³/mol. The Bertz CT molecular complexity index is 1080. The van der Waals surface area contributed by atoms with E-state index >= 15 is 0 Å². The molecule has 4 nitrogen and oxygen atoms in total. The largest absolute Gasteiger partial charge is 0.573 e. The van der Waals surface area contributed by atoms with Crippen LogP contribution in [-0.2, 0) is 4.74 Å². The number of alkyl halides is 3. The topological polar surface area (TPSA) is 47.6 Å². The Kier molecular flexibility index (Phi) is 6.40. The van der Waals surface area contributed by atoms with E-state index in [9.17, 15) is 18.0 Å². The monoisotopic (exact) mass is 473 g/mol. The zero-order chi connectivity index (χ0) is 24.7. The van der Waals surface area contributed by atoms with Crippen LogP contribution < -0.4 is 10.1 Å². The van der Waals surface area contributed by atoms with Crippen molar-refractivity contribution in [3.8, 4) is 5.75 Å². The number of amides is 1. The third-order valence-electron chi connectivity index (χ3n) is 6.27. The summed E-state index contributed by atoms with van der Waals surface area (Å²) in [6.45, 7) is 7.56. The number of allylic oxidation sites excluding steroid dienone is 2. The minimum absolute atomic E-state index is 0.0392. The summed E-state index contributed by atoms with van der Waals surface area (Å²) in [5.41, 5.74) is 5.08. The molecule has 0 radical (unpaired) electrons. The zero-order valence-corrected chi connectivity index (χ0v) is 19.8. The van der Waals surface area contributed by atoms with Crippen molar-refractivity contribution in [1.82, 2.24) is 5.32 Å². The van der Waals surface area contributed by atoms with Crippen LogP contribution in [0.5, 0.6) is 5.75 Å². The van der Waals surface area contributed by atoms with E-state index in [-0.39, 0.29) is 17.7 Å². The number of carbonyl (C=O) groups is 1. The Labute approximate surface area is 198 Å². The van der Waals surface area contributed by atoms with Gasteiger partial charge in [0.15, 0.2) is 0 Å². The van der Waals surface area contributed by atoms with Crippen molar-refractivity contribution in [2.75, 3.05) is 0 Å². The molecule has 0 saturated heterocycles. The summed E-state index contributed by atoms with van der Waals surface area (Å²) in [7, 11) is 0. The van der Waals surface area contributed by atoms with Gasteiger partial charge in [-0.2, -0.15) is 0 Å². The minimum atomic E-state index is -4.71. The SMILES string of the molecule is Cc1ccc2c(c1)C(c1ccc(OC(F)(F)F)cc1)C=C2C1CCC(NC(=O)OC(C)(C)C)C1. The highest BCUT2D eigenvalue weighted by molar-refractivity contribution is 5.78. The summed E-state index contributed by atoms with van der Waals surface area (Å²) in [5.74, 6) is 0.0247. The summed E-state index contributed by atoms with van der Waals surface area (Å²) < 4.78 is 47.0. The molecule has 182 valence electrons. The third-order valence-corrected chi connectivity index (χ3v) is 6.27. The van der Waals surface area contributed by atoms with E-state index in [4.69, 9.17) is 4.74 Å². The maximum Gasteiger partial charge on any atom is 0.573 e. The number of benzene rings is 2. The van der Waals surface area contributed by atoms with Crippen molar-refractivity contribution in [1.29, 1.82) is 0 Å². The molecule has 3 unspecified atom stereocenters. The lowest BCUT2D eigenvalue weighted by atomic mass is 9.90. The maximum absolute atomic E-state index is 12.5. The molecule has 1 fully saturated rings. The summed E-state index contributed by atoms with van der Waals surface area (Å²) in [5, 5.41) is 3.00. The van der Waals surface area contributed by atoms with Gasteiger partial charge in [-0.05, 0) is 87.3 Å². The first-order valence-electron chi connectivity index (χ1n) is 11.6. The Morgan fingerprint density at radius 3 is 2.38 bits per heavy atom. The second-order valence-electron chi connectivity index (χ2n) is 10.2. The molecular formula is C27H30F3NO3. The highest BCUT2D eigenvalue weighted by atomic mass is 19.4. The van der Waals surface area contributed by atoms with Crippen LogP contribution in [0.4, 0.5) is 18.0 Å². The average molecular weight is 474 g/mol. The molecule has 34 heavy (non-hydrogen) atoms. The van der Waals surface area contributed by atoms with Gasteiger partial charge < -0.3 is 14.8 Å². The summed E-state index contributed by atoms with van der Waals surface area (Å²) in [6.07, 6.45) is -0.235. The minimum Gasteiger partial charge on any atom is -0.444 e. The molecule has 0 heterocycles. The van der Waals surface area contributed by atoms with Gasteiger partial charge in [0.25, 0.3) is 0 Å². The first kappa shape index (κ1) is 24.2. The van der Waals surface area contributed by atoms with E-state index in [0.717, 1.165) is 36.0 Å². The van der Waals surface area contributed by atoms with E-state index in [1.54, 1.807) is 12.1 Å². The normalized spacial score (nSPS) is 22.2. The van der Waals surface area contributed by atoms with Gasteiger partial charge in [0.2, 0.25) is 0 Å². The highest BCUT2D eigenvalue weighted by Crippen LogP contribution is 2.47. The third kappa shape index (κ3) is 5.75. The van der Waals surface area contributed by atoms with E-state index in [0.29, 0.717) is 5.92 Å². The van der Waals surface area contributed by atoms with Gasteiger partial charge in [-0.3, -0.25) is 0 Å². The average Bonchev–Trinajstić information content (AvgIpc) is 3.30. The lowest BCUT2D eigenvalue weighted by molar-refractivity contribution is -0.274. The number of hydrogen-bond donors (Lipinski definition) is 1. The van der Waals surface area contributed by atoms with Crippen molar-refractivity contribution < 1.29 is 27.4 Å². The smallest absolute Gasteiger partial charge is 0.444 e. The number of fused-ring (bicyclic) bond motifs is 1. The van der Waals surface area contributed by atoms with Crippen LogP contribution in [0, 0.1) is 12.8 Å². The van der Waals surface area contributed by atoms with Crippen molar-refractivity contribution in [2.24, 2.45) is 5.92 Å². The molecule has 0 bridgehead atoms. The number of ether oxygens (including phenoxy) is 2. The fourth-order valence-electron chi connectivity index (χ4n) is 4.94. The second-order valence-corrected chi connectivity index (χ2v) is 10.2. The van der Waals surface area contributed by atoms with Gasteiger partial charge in [-0.25, -0.2) is 4.79 Å². The molecule has 0 aliphatic heterocycles. The van der Waals surface area contributed by atoms with Crippen LogP contribution in [0.1, 0.15) is 68.2 Å². The molecule has 2 aliphatic carbocycles. The van der Waals surface area contributed by atoms with E-state index in [1.165, 1.54) is 23.3 Å². The zero-order valence-electron chi connectivity index (χ0n) is 19.8. The fraction of sp³-hybridized carbons (Fsp3) is 0.444. The van der Waals surface area contributed by atoms with E-state index in [1.807, 2.05) is 27.7 Å². The molecule has 7 heteroatoms. The summed E-state index contributed by atoms with van der Waals surface area (Å²) in [4.78, 5) is 12.2. The Morgan fingerprint density at radius 2 is 1.74 bits per heavy atom. The predicted octanol–water partition coefficient (Wildman–Crippen LogP) is 7.12. The Hall–Kier alpha value is -2.96.